The van der Waals surface area contributed by atoms with Gasteiger partial charge in [-0.1, -0.05) is 12.1 Å². The fourth-order valence-corrected chi connectivity index (χ4v) is 2.43. The van der Waals surface area contributed by atoms with Crippen LogP contribution in [0.2, 0.25) is 0 Å². The maximum Gasteiger partial charge on any atom is 0.118 e. The molecule has 0 aliphatic carbocycles. The summed E-state index contributed by atoms with van der Waals surface area (Å²) in [7, 11) is 0. The van der Waals surface area contributed by atoms with E-state index in [2.05, 4.69) is 44.4 Å². The molecular formula is C16H12N4. The highest BCUT2D eigenvalue weighted by Crippen LogP contribution is 2.30. The molecule has 0 aliphatic heterocycles. The first-order chi connectivity index (χ1) is 9.92. The van der Waals surface area contributed by atoms with E-state index in [1.165, 1.54) is 5.39 Å². The predicted molar refractivity (Wildman–Crippen MR) is 79.1 cm³/mol. The van der Waals surface area contributed by atoms with Crippen LogP contribution in [-0.4, -0.2) is 20.2 Å². The van der Waals surface area contributed by atoms with Gasteiger partial charge in [-0.15, -0.1) is 0 Å². The topological polar surface area (TPSA) is 57.4 Å². The minimum Gasteiger partial charge on any atom is -0.361 e. The van der Waals surface area contributed by atoms with Crippen molar-refractivity contribution >= 4 is 10.9 Å². The van der Waals surface area contributed by atoms with Gasteiger partial charge in [-0.2, -0.15) is 5.10 Å². The van der Waals surface area contributed by atoms with Crippen LogP contribution < -0.4 is 0 Å². The smallest absolute Gasteiger partial charge is 0.118 e. The molecule has 0 atom stereocenters. The number of aromatic amines is 2. The Kier molecular flexibility index (Phi) is 2.39. The van der Waals surface area contributed by atoms with E-state index >= 15 is 0 Å². The number of aromatic nitrogens is 4. The minimum absolute atomic E-state index is 0.873. The Labute approximate surface area is 115 Å². The average Bonchev–Trinajstić information content (AvgIpc) is 3.16. The largest absolute Gasteiger partial charge is 0.361 e. The molecule has 96 valence electrons. The lowest BCUT2D eigenvalue weighted by atomic mass is 10.0. The lowest BCUT2D eigenvalue weighted by Gasteiger charge is -2.02. The van der Waals surface area contributed by atoms with Crippen molar-refractivity contribution in [2.75, 3.05) is 0 Å². The number of rotatable bonds is 2. The van der Waals surface area contributed by atoms with E-state index < -0.39 is 0 Å². The molecule has 3 heterocycles. The fourth-order valence-electron chi connectivity index (χ4n) is 2.43. The normalized spacial score (nSPS) is 11.0. The summed E-state index contributed by atoms with van der Waals surface area (Å²) in [6, 6.07) is 14.2. The first-order valence-corrected chi connectivity index (χ1v) is 6.44. The Hall–Kier alpha value is -2.88. The molecule has 0 saturated heterocycles. The lowest BCUT2D eigenvalue weighted by Crippen LogP contribution is -1.85. The minimum atomic E-state index is 0.873. The van der Waals surface area contributed by atoms with Gasteiger partial charge in [0.1, 0.15) is 5.69 Å². The van der Waals surface area contributed by atoms with Gasteiger partial charge in [0, 0.05) is 29.7 Å². The van der Waals surface area contributed by atoms with Crippen molar-refractivity contribution in [3.63, 3.8) is 0 Å². The van der Waals surface area contributed by atoms with Crippen LogP contribution in [0, 0.1) is 0 Å². The molecule has 0 radical (unpaired) electrons. The summed E-state index contributed by atoms with van der Waals surface area (Å²) >= 11 is 0. The Morgan fingerprint density at radius 3 is 2.90 bits per heavy atom. The maximum absolute atomic E-state index is 4.37. The fraction of sp³-hybridized carbons (Fsp3) is 0. The molecule has 0 bridgehead atoms. The van der Waals surface area contributed by atoms with Crippen molar-refractivity contribution in [3.05, 3.63) is 61.1 Å². The summed E-state index contributed by atoms with van der Waals surface area (Å²) in [6.07, 6.45) is 5.64. The van der Waals surface area contributed by atoms with E-state index in [1.807, 2.05) is 30.6 Å². The summed E-state index contributed by atoms with van der Waals surface area (Å²) < 4.78 is 0. The Bertz CT molecular complexity index is 858. The highest BCUT2D eigenvalue weighted by molar-refractivity contribution is 5.88. The zero-order valence-electron chi connectivity index (χ0n) is 10.7. The molecule has 4 heteroatoms. The van der Waals surface area contributed by atoms with Crippen LogP contribution in [-0.2, 0) is 0 Å². The Balaban J connectivity index is 1.88. The number of hydrogen-bond acceptors (Lipinski definition) is 2. The van der Waals surface area contributed by atoms with Crippen LogP contribution in [0.5, 0.6) is 0 Å². The Morgan fingerprint density at radius 1 is 1.00 bits per heavy atom. The number of nitrogens with zero attached hydrogens (tertiary/aromatic N) is 2. The SMILES string of the molecule is c1ccc(-c2n[nH]cc2-c2ccc3[nH]ccc3c2)nc1. The van der Waals surface area contributed by atoms with E-state index in [0.29, 0.717) is 0 Å². The third-order valence-electron chi connectivity index (χ3n) is 3.41. The second kappa shape index (κ2) is 4.35. The molecule has 0 amide bonds. The zero-order valence-corrected chi connectivity index (χ0v) is 10.7. The van der Waals surface area contributed by atoms with Gasteiger partial charge < -0.3 is 4.98 Å². The van der Waals surface area contributed by atoms with Gasteiger partial charge in [-0.25, -0.2) is 0 Å². The van der Waals surface area contributed by atoms with Crippen molar-refractivity contribution in [1.82, 2.24) is 20.2 Å². The standard InChI is InChI=1S/C16H12N4/c1-2-7-17-15(3-1)16-13(10-19-20-16)11-4-5-14-12(9-11)6-8-18-14/h1-10,18H,(H,19,20). The van der Waals surface area contributed by atoms with Crippen LogP contribution in [0.1, 0.15) is 0 Å². The van der Waals surface area contributed by atoms with Crippen LogP contribution in [0.15, 0.2) is 61.1 Å². The average molecular weight is 260 g/mol. The van der Waals surface area contributed by atoms with E-state index in [9.17, 15) is 0 Å². The summed E-state index contributed by atoms with van der Waals surface area (Å²) in [6.45, 7) is 0. The zero-order chi connectivity index (χ0) is 13.4. The van der Waals surface area contributed by atoms with Crippen LogP contribution >= 0.6 is 0 Å². The molecule has 0 unspecified atom stereocenters. The number of nitrogens with one attached hydrogen (secondary N) is 2. The van der Waals surface area contributed by atoms with Gasteiger partial charge in [-0.3, -0.25) is 10.1 Å². The molecule has 1 aromatic carbocycles. The lowest BCUT2D eigenvalue weighted by molar-refractivity contribution is 1.09. The summed E-state index contributed by atoms with van der Waals surface area (Å²) in [5.41, 5.74) is 5.08. The molecule has 0 fully saturated rings. The summed E-state index contributed by atoms with van der Waals surface area (Å²) in [4.78, 5) is 7.57. The molecule has 0 saturated carbocycles. The monoisotopic (exact) mass is 260 g/mol. The quantitative estimate of drug-likeness (QED) is 0.578. The number of hydrogen-bond donors (Lipinski definition) is 2. The molecule has 0 aliphatic rings. The third-order valence-corrected chi connectivity index (χ3v) is 3.41. The molecule has 2 N–H and O–H groups in total. The first-order valence-electron chi connectivity index (χ1n) is 6.44. The van der Waals surface area contributed by atoms with Crippen molar-refractivity contribution in [3.8, 4) is 22.5 Å². The Morgan fingerprint density at radius 2 is 2.00 bits per heavy atom. The van der Waals surface area contributed by atoms with Gasteiger partial charge >= 0.3 is 0 Å². The summed E-state index contributed by atoms with van der Waals surface area (Å²) in [5, 5.41) is 8.47. The van der Waals surface area contributed by atoms with Gasteiger partial charge in [0.05, 0.1) is 5.69 Å². The molecule has 3 aromatic heterocycles. The number of fused-ring (bicyclic) bond motifs is 1. The van der Waals surface area contributed by atoms with Crippen molar-refractivity contribution in [1.29, 1.82) is 0 Å². The van der Waals surface area contributed by atoms with Crippen LogP contribution in [0.4, 0.5) is 0 Å². The molecule has 4 rings (SSSR count). The molecule has 20 heavy (non-hydrogen) atoms. The van der Waals surface area contributed by atoms with Crippen LogP contribution in [0.25, 0.3) is 33.4 Å². The van der Waals surface area contributed by atoms with E-state index in [1.54, 1.807) is 6.20 Å². The number of pyridine rings is 1. The van der Waals surface area contributed by atoms with Crippen molar-refractivity contribution in [2.45, 2.75) is 0 Å². The van der Waals surface area contributed by atoms with Crippen LogP contribution in [0.3, 0.4) is 0 Å². The molecule has 0 spiro atoms. The molecule has 4 nitrogen and oxygen atoms in total. The van der Waals surface area contributed by atoms with Gasteiger partial charge in [-0.05, 0) is 41.3 Å². The summed E-state index contributed by atoms with van der Waals surface area (Å²) in [5.74, 6) is 0. The van der Waals surface area contributed by atoms with Crippen molar-refractivity contribution in [2.24, 2.45) is 0 Å². The van der Waals surface area contributed by atoms with Gasteiger partial charge in [0.25, 0.3) is 0 Å². The van der Waals surface area contributed by atoms with E-state index in [4.69, 9.17) is 0 Å². The second-order valence-electron chi connectivity index (χ2n) is 4.64. The second-order valence-corrected chi connectivity index (χ2v) is 4.64. The molecule has 4 aromatic rings. The predicted octanol–water partition coefficient (Wildman–Crippen LogP) is 3.62. The van der Waals surface area contributed by atoms with Gasteiger partial charge in [0.2, 0.25) is 0 Å². The number of H-pyrrole nitrogens is 2. The van der Waals surface area contributed by atoms with Crippen molar-refractivity contribution < 1.29 is 0 Å². The molecular weight excluding hydrogens is 248 g/mol. The first kappa shape index (κ1) is 11.0. The van der Waals surface area contributed by atoms with E-state index in [-0.39, 0.29) is 0 Å². The highest BCUT2D eigenvalue weighted by atomic mass is 15.1. The number of benzene rings is 1. The highest BCUT2D eigenvalue weighted by Gasteiger charge is 2.11. The van der Waals surface area contributed by atoms with Gasteiger partial charge in [0.15, 0.2) is 0 Å². The van der Waals surface area contributed by atoms with E-state index in [0.717, 1.165) is 28.0 Å². The third kappa shape index (κ3) is 1.70. The maximum atomic E-state index is 4.37.